The fourth-order valence-corrected chi connectivity index (χ4v) is 0.663. The first kappa shape index (κ1) is 7.28. The average molecular weight is 142 g/mol. The van der Waals surface area contributed by atoms with Crippen LogP contribution in [0.5, 0.6) is 0 Å². The maximum atomic E-state index is 10.3. The van der Waals surface area contributed by atoms with Crippen molar-refractivity contribution in [3.8, 4) is 0 Å². The van der Waals surface area contributed by atoms with Crippen molar-refractivity contribution in [1.29, 1.82) is 0 Å². The van der Waals surface area contributed by atoms with Gasteiger partial charge in [0.15, 0.2) is 0 Å². The molecule has 0 aromatic rings. The molecule has 1 N–H and O–H groups in total. The summed E-state index contributed by atoms with van der Waals surface area (Å²) in [5.74, 6) is -0.701. The molecule has 0 bridgehead atoms. The molecule has 56 valence electrons. The summed E-state index contributed by atoms with van der Waals surface area (Å²) < 4.78 is 0. The van der Waals surface area contributed by atoms with Gasteiger partial charge < -0.3 is 0 Å². The first-order valence-electron chi connectivity index (χ1n) is 3.21. The molecule has 0 heterocycles. The minimum Gasteiger partial charge on any atom is -0.296 e. The topological polar surface area (TPSA) is 46.5 Å². The predicted octanol–water partition coefficient (Wildman–Crippen LogP) is 1.36. The van der Waals surface area contributed by atoms with E-state index >= 15 is 0 Å². The van der Waals surface area contributed by atoms with Crippen LogP contribution in [0.25, 0.3) is 0 Å². The Hall–Kier alpha value is -0.830. The highest BCUT2D eigenvalue weighted by molar-refractivity contribution is 5.81. The molecular formula is C7H10O3. The average Bonchev–Trinajstić information content (AvgIpc) is 2.64. The van der Waals surface area contributed by atoms with Crippen LogP contribution in [0.3, 0.4) is 0 Å². The Balaban J connectivity index is 2.36. The van der Waals surface area contributed by atoms with Crippen LogP contribution in [-0.4, -0.2) is 11.2 Å². The molecule has 1 saturated carbocycles. The molecule has 0 amide bonds. The normalized spacial score (nSPS) is 21.0. The van der Waals surface area contributed by atoms with Crippen molar-refractivity contribution in [2.24, 2.45) is 5.41 Å². The van der Waals surface area contributed by atoms with E-state index in [1.165, 1.54) is 6.08 Å². The standard InChI is InChI=1S/C7H10O3/c1-7(4-5-7)3-2-6(8)10-9/h2-3,9H,4-5H2,1H3/b3-2+. The number of allylic oxidation sites excluding steroid dienone is 1. The third kappa shape index (κ3) is 1.84. The Morgan fingerprint density at radius 1 is 1.70 bits per heavy atom. The van der Waals surface area contributed by atoms with E-state index in [2.05, 4.69) is 4.89 Å². The first-order valence-corrected chi connectivity index (χ1v) is 3.21. The van der Waals surface area contributed by atoms with Gasteiger partial charge in [-0.15, -0.1) is 0 Å². The van der Waals surface area contributed by atoms with Crippen LogP contribution < -0.4 is 0 Å². The maximum absolute atomic E-state index is 10.3. The SMILES string of the molecule is CC1(/C=C/C(=O)OO)CC1. The molecule has 10 heavy (non-hydrogen) atoms. The lowest BCUT2D eigenvalue weighted by Gasteiger charge is -1.95. The van der Waals surface area contributed by atoms with E-state index in [0.29, 0.717) is 0 Å². The number of carbonyl (C=O) groups excluding carboxylic acids is 1. The van der Waals surface area contributed by atoms with Gasteiger partial charge in [0.25, 0.3) is 0 Å². The van der Waals surface area contributed by atoms with Crippen molar-refractivity contribution in [1.82, 2.24) is 0 Å². The molecule has 0 aromatic heterocycles. The molecule has 1 rings (SSSR count). The van der Waals surface area contributed by atoms with Crippen LogP contribution in [0.15, 0.2) is 12.2 Å². The lowest BCUT2D eigenvalue weighted by atomic mass is 10.1. The fourth-order valence-electron chi connectivity index (χ4n) is 0.663. The minimum absolute atomic E-state index is 0.189. The van der Waals surface area contributed by atoms with Gasteiger partial charge in [-0.1, -0.05) is 13.0 Å². The molecule has 1 aliphatic rings. The van der Waals surface area contributed by atoms with Crippen molar-refractivity contribution in [3.05, 3.63) is 12.2 Å². The summed E-state index contributed by atoms with van der Waals surface area (Å²) in [6.07, 6.45) is 5.25. The predicted molar refractivity (Wildman–Crippen MR) is 35.2 cm³/mol. The van der Waals surface area contributed by atoms with Crippen LogP contribution >= 0.6 is 0 Å². The molecule has 3 nitrogen and oxygen atoms in total. The maximum Gasteiger partial charge on any atom is 0.365 e. The number of carbonyl (C=O) groups is 1. The van der Waals surface area contributed by atoms with Crippen molar-refractivity contribution >= 4 is 5.97 Å². The summed E-state index contributed by atoms with van der Waals surface area (Å²) in [5, 5.41) is 7.85. The Morgan fingerprint density at radius 3 is 2.70 bits per heavy atom. The second kappa shape index (κ2) is 2.42. The number of hydrogen-bond acceptors (Lipinski definition) is 3. The molecule has 0 unspecified atom stereocenters. The molecule has 3 heteroatoms. The van der Waals surface area contributed by atoms with Gasteiger partial charge in [0.05, 0.1) is 0 Å². The fraction of sp³-hybridized carbons (Fsp3) is 0.571. The van der Waals surface area contributed by atoms with Gasteiger partial charge >= 0.3 is 5.97 Å². The zero-order valence-corrected chi connectivity index (χ0v) is 5.83. The molecule has 1 aliphatic carbocycles. The molecule has 0 saturated heterocycles. The zero-order chi connectivity index (χ0) is 7.61. The molecule has 1 fully saturated rings. The summed E-state index contributed by atoms with van der Waals surface area (Å²) in [7, 11) is 0. The molecule has 0 radical (unpaired) electrons. The number of hydrogen-bond donors (Lipinski definition) is 1. The van der Waals surface area contributed by atoms with Crippen LogP contribution in [0.2, 0.25) is 0 Å². The zero-order valence-electron chi connectivity index (χ0n) is 5.83. The van der Waals surface area contributed by atoms with Gasteiger partial charge in [-0.2, -0.15) is 5.26 Å². The Morgan fingerprint density at radius 2 is 2.30 bits per heavy atom. The van der Waals surface area contributed by atoms with Gasteiger partial charge in [-0.3, -0.25) is 4.89 Å². The van der Waals surface area contributed by atoms with Crippen LogP contribution in [0, 0.1) is 5.41 Å². The first-order chi connectivity index (χ1) is 4.66. The van der Waals surface area contributed by atoms with E-state index < -0.39 is 5.97 Å². The van der Waals surface area contributed by atoms with E-state index in [1.54, 1.807) is 6.08 Å². The molecule has 0 aromatic carbocycles. The van der Waals surface area contributed by atoms with E-state index in [0.717, 1.165) is 12.8 Å². The van der Waals surface area contributed by atoms with E-state index in [9.17, 15) is 4.79 Å². The van der Waals surface area contributed by atoms with Crippen molar-refractivity contribution < 1.29 is 14.9 Å². The second-order valence-corrected chi connectivity index (χ2v) is 2.90. The summed E-state index contributed by atoms with van der Waals surface area (Å²) in [4.78, 5) is 13.8. The highest BCUT2D eigenvalue weighted by atomic mass is 17.1. The number of rotatable bonds is 2. The smallest absolute Gasteiger partial charge is 0.296 e. The van der Waals surface area contributed by atoms with E-state index in [-0.39, 0.29) is 5.41 Å². The molecule has 0 atom stereocenters. The Kier molecular flexibility index (Phi) is 1.76. The monoisotopic (exact) mass is 142 g/mol. The van der Waals surface area contributed by atoms with Gasteiger partial charge in [-0.25, -0.2) is 4.79 Å². The molecule has 0 spiro atoms. The van der Waals surface area contributed by atoms with Gasteiger partial charge in [0, 0.05) is 6.08 Å². The van der Waals surface area contributed by atoms with Crippen LogP contribution in [-0.2, 0) is 9.68 Å². The molecule has 0 aliphatic heterocycles. The highest BCUT2D eigenvalue weighted by Gasteiger charge is 2.34. The third-order valence-corrected chi connectivity index (χ3v) is 1.75. The van der Waals surface area contributed by atoms with Gasteiger partial charge in [0.2, 0.25) is 0 Å². The van der Waals surface area contributed by atoms with E-state index in [4.69, 9.17) is 5.26 Å². The highest BCUT2D eigenvalue weighted by Crippen LogP contribution is 2.46. The minimum atomic E-state index is -0.701. The quantitative estimate of drug-likeness (QED) is 0.359. The summed E-state index contributed by atoms with van der Waals surface area (Å²) in [6.45, 7) is 2.05. The van der Waals surface area contributed by atoms with Crippen LogP contribution in [0.4, 0.5) is 0 Å². The van der Waals surface area contributed by atoms with Gasteiger partial charge in [-0.05, 0) is 18.3 Å². The van der Waals surface area contributed by atoms with E-state index in [1.807, 2.05) is 6.92 Å². The summed E-state index contributed by atoms with van der Waals surface area (Å²) in [5.41, 5.74) is 0.189. The summed E-state index contributed by atoms with van der Waals surface area (Å²) >= 11 is 0. The lowest BCUT2D eigenvalue weighted by Crippen LogP contribution is -1.96. The molecular weight excluding hydrogens is 132 g/mol. The Bertz CT molecular complexity index is 168. The summed E-state index contributed by atoms with van der Waals surface area (Å²) in [6, 6.07) is 0. The Labute approximate surface area is 59.2 Å². The van der Waals surface area contributed by atoms with Gasteiger partial charge in [0.1, 0.15) is 0 Å². The van der Waals surface area contributed by atoms with Crippen molar-refractivity contribution in [2.45, 2.75) is 19.8 Å². The third-order valence-electron chi connectivity index (χ3n) is 1.75. The van der Waals surface area contributed by atoms with Crippen molar-refractivity contribution in [2.75, 3.05) is 0 Å². The largest absolute Gasteiger partial charge is 0.365 e. The van der Waals surface area contributed by atoms with Crippen LogP contribution in [0.1, 0.15) is 19.8 Å². The van der Waals surface area contributed by atoms with Crippen molar-refractivity contribution in [3.63, 3.8) is 0 Å². The second-order valence-electron chi connectivity index (χ2n) is 2.90. The lowest BCUT2D eigenvalue weighted by molar-refractivity contribution is -0.228.